The minimum atomic E-state index is -0.126. The van der Waals surface area contributed by atoms with Gasteiger partial charge in [-0.3, -0.25) is 4.79 Å². The molecule has 0 atom stereocenters. The molecule has 0 aliphatic rings. The molecule has 0 saturated heterocycles. The maximum Gasteiger partial charge on any atom is 0.255 e. The van der Waals surface area contributed by atoms with Crippen LogP contribution in [0.25, 0.3) is 5.69 Å². The molecule has 0 unspecified atom stereocenters. The number of thioether (sulfide) groups is 1. The number of para-hydroxylation sites is 2. The lowest BCUT2D eigenvalue weighted by atomic mass is 10.1. The normalized spacial score (nSPS) is 10.6. The van der Waals surface area contributed by atoms with Crippen molar-refractivity contribution in [2.24, 2.45) is 0 Å². The Kier molecular flexibility index (Phi) is 5.44. The molecule has 138 valence electrons. The van der Waals surface area contributed by atoms with Crippen LogP contribution in [0, 0.1) is 0 Å². The van der Waals surface area contributed by atoms with Crippen LogP contribution in [0.3, 0.4) is 0 Å². The summed E-state index contributed by atoms with van der Waals surface area (Å²) in [6.07, 6.45) is 0. The fraction of sp³-hybridized carbons (Fsp3) is 0.0476. The second-order valence-electron chi connectivity index (χ2n) is 6.01. The van der Waals surface area contributed by atoms with Crippen LogP contribution in [-0.4, -0.2) is 26.1 Å². The van der Waals surface area contributed by atoms with E-state index in [9.17, 15) is 4.79 Å². The molecule has 0 aliphatic carbocycles. The number of carbonyl (C=O) groups excluding carboxylic acids is 1. The van der Waals surface area contributed by atoms with Gasteiger partial charge in [-0.15, -0.1) is 5.10 Å². The predicted molar refractivity (Wildman–Crippen MR) is 110 cm³/mol. The van der Waals surface area contributed by atoms with E-state index in [1.165, 1.54) is 0 Å². The SMILES string of the molecule is O=C(Nc1ccccc1)c1ccc(CSc2nnnn2-c2ccccc2)cc1. The zero-order chi connectivity index (χ0) is 19.2. The van der Waals surface area contributed by atoms with E-state index in [0.29, 0.717) is 11.3 Å². The van der Waals surface area contributed by atoms with Crippen molar-refractivity contribution in [2.45, 2.75) is 10.9 Å². The number of anilines is 1. The predicted octanol–water partition coefficient (Wildman–Crippen LogP) is 4.21. The van der Waals surface area contributed by atoms with Gasteiger partial charge in [-0.05, 0) is 52.4 Å². The number of nitrogens with one attached hydrogen (secondary N) is 1. The number of carbonyl (C=O) groups is 1. The number of benzene rings is 3. The van der Waals surface area contributed by atoms with Gasteiger partial charge in [0, 0.05) is 17.0 Å². The van der Waals surface area contributed by atoms with Crippen molar-refractivity contribution < 1.29 is 4.79 Å². The summed E-state index contributed by atoms with van der Waals surface area (Å²) in [4.78, 5) is 12.3. The largest absolute Gasteiger partial charge is 0.322 e. The van der Waals surface area contributed by atoms with E-state index in [-0.39, 0.29) is 5.91 Å². The van der Waals surface area contributed by atoms with E-state index in [0.717, 1.165) is 22.1 Å². The number of tetrazole rings is 1. The summed E-state index contributed by atoms with van der Waals surface area (Å²) in [7, 11) is 0. The van der Waals surface area contributed by atoms with Crippen LogP contribution >= 0.6 is 11.8 Å². The molecule has 0 radical (unpaired) electrons. The highest BCUT2D eigenvalue weighted by Crippen LogP contribution is 2.22. The van der Waals surface area contributed by atoms with E-state index in [4.69, 9.17) is 0 Å². The van der Waals surface area contributed by atoms with Crippen LogP contribution < -0.4 is 5.32 Å². The van der Waals surface area contributed by atoms with Gasteiger partial charge < -0.3 is 5.32 Å². The summed E-state index contributed by atoms with van der Waals surface area (Å²) in [6, 6.07) is 26.7. The Balaban J connectivity index is 1.39. The lowest BCUT2D eigenvalue weighted by molar-refractivity contribution is 0.102. The Morgan fingerprint density at radius 2 is 1.57 bits per heavy atom. The van der Waals surface area contributed by atoms with Crippen molar-refractivity contribution in [3.05, 3.63) is 96.1 Å². The molecule has 1 heterocycles. The van der Waals surface area contributed by atoms with Crippen LogP contribution in [0.2, 0.25) is 0 Å². The van der Waals surface area contributed by atoms with Crippen molar-refractivity contribution in [1.29, 1.82) is 0 Å². The zero-order valence-corrected chi connectivity index (χ0v) is 15.7. The van der Waals surface area contributed by atoms with Gasteiger partial charge in [-0.1, -0.05) is 60.3 Å². The first-order valence-electron chi connectivity index (χ1n) is 8.71. The molecule has 3 aromatic carbocycles. The highest BCUT2D eigenvalue weighted by molar-refractivity contribution is 7.98. The minimum absolute atomic E-state index is 0.126. The Morgan fingerprint density at radius 1 is 0.893 bits per heavy atom. The molecular weight excluding hydrogens is 370 g/mol. The van der Waals surface area contributed by atoms with Crippen LogP contribution in [0.5, 0.6) is 0 Å². The average Bonchev–Trinajstić information content (AvgIpc) is 3.23. The molecule has 0 saturated carbocycles. The maximum atomic E-state index is 12.3. The smallest absolute Gasteiger partial charge is 0.255 e. The fourth-order valence-corrected chi connectivity index (χ4v) is 3.47. The first kappa shape index (κ1) is 17.9. The van der Waals surface area contributed by atoms with Gasteiger partial charge in [-0.2, -0.15) is 4.68 Å². The van der Waals surface area contributed by atoms with Crippen LogP contribution in [0.4, 0.5) is 5.69 Å². The highest BCUT2D eigenvalue weighted by Gasteiger charge is 2.10. The van der Waals surface area contributed by atoms with Crippen molar-refractivity contribution in [3.8, 4) is 5.69 Å². The zero-order valence-electron chi connectivity index (χ0n) is 14.9. The van der Waals surface area contributed by atoms with Gasteiger partial charge in [0.25, 0.3) is 5.91 Å². The Bertz CT molecular complexity index is 1050. The van der Waals surface area contributed by atoms with E-state index in [2.05, 4.69) is 20.8 Å². The molecule has 1 N–H and O–H groups in total. The topological polar surface area (TPSA) is 72.7 Å². The highest BCUT2D eigenvalue weighted by atomic mass is 32.2. The molecule has 4 aromatic rings. The van der Waals surface area contributed by atoms with Crippen molar-refractivity contribution in [1.82, 2.24) is 20.2 Å². The number of nitrogens with zero attached hydrogens (tertiary/aromatic N) is 4. The van der Waals surface area contributed by atoms with Gasteiger partial charge in [0.05, 0.1) is 5.69 Å². The molecule has 4 rings (SSSR count). The minimum Gasteiger partial charge on any atom is -0.322 e. The van der Waals surface area contributed by atoms with E-state index in [1.54, 1.807) is 16.4 Å². The summed E-state index contributed by atoms with van der Waals surface area (Å²) in [6.45, 7) is 0. The van der Waals surface area contributed by atoms with E-state index < -0.39 is 0 Å². The van der Waals surface area contributed by atoms with Crippen LogP contribution in [-0.2, 0) is 5.75 Å². The molecule has 0 spiro atoms. The molecule has 0 aliphatic heterocycles. The number of hydrogen-bond donors (Lipinski definition) is 1. The van der Waals surface area contributed by atoms with Gasteiger partial charge in [0.2, 0.25) is 5.16 Å². The first-order valence-corrected chi connectivity index (χ1v) is 9.70. The lowest BCUT2D eigenvalue weighted by Crippen LogP contribution is -2.11. The van der Waals surface area contributed by atoms with Crippen LogP contribution in [0.1, 0.15) is 15.9 Å². The number of amides is 1. The molecule has 7 heteroatoms. The fourth-order valence-electron chi connectivity index (χ4n) is 2.63. The third-order valence-corrected chi connectivity index (χ3v) is 5.05. The molecule has 0 fully saturated rings. The Morgan fingerprint density at radius 3 is 2.29 bits per heavy atom. The Labute approximate surface area is 166 Å². The molecule has 0 bridgehead atoms. The molecule has 28 heavy (non-hydrogen) atoms. The van der Waals surface area contributed by atoms with Crippen LogP contribution in [0.15, 0.2) is 90.1 Å². The number of aromatic nitrogens is 4. The lowest BCUT2D eigenvalue weighted by Gasteiger charge is -2.07. The molecule has 6 nitrogen and oxygen atoms in total. The monoisotopic (exact) mass is 387 g/mol. The summed E-state index contributed by atoms with van der Waals surface area (Å²) in [5, 5.41) is 15.5. The van der Waals surface area contributed by atoms with Gasteiger partial charge in [-0.25, -0.2) is 0 Å². The summed E-state index contributed by atoms with van der Waals surface area (Å²) < 4.78 is 1.71. The van der Waals surface area contributed by atoms with Crippen molar-refractivity contribution >= 4 is 23.4 Å². The summed E-state index contributed by atoms with van der Waals surface area (Å²) in [5.41, 5.74) is 3.40. The Hall–Kier alpha value is -3.45. The molecular formula is C21H17N5OS. The second kappa shape index (κ2) is 8.49. The second-order valence-corrected chi connectivity index (χ2v) is 6.96. The molecule has 1 aromatic heterocycles. The standard InChI is InChI=1S/C21H17N5OS/c27-20(22-18-7-3-1-4-8-18)17-13-11-16(12-14-17)15-28-21-23-24-25-26(21)19-9-5-2-6-10-19/h1-14H,15H2,(H,22,27). The van der Waals surface area contributed by atoms with Gasteiger partial charge in [0.15, 0.2) is 0 Å². The molecule has 1 amide bonds. The summed E-state index contributed by atoms with van der Waals surface area (Å²) >= 11 is 1.54. The number of rotatable bonds is 6. The average molecular weight is 387 g/mol. The third kappa shape index (κ3) is 4.27. The third-order valence-electron chi connectivity index (χ3n) is 4.06. The first-order chi connectivity index (χ1) is 13.8. The van der Waals surface area contributed by atoms with Crippen molar-refractivity contribution in [2.75, 3.05) is 5.32 Å². The van der Waals surface area contributed by atoms with E-state index >= 15 is 0 Å². The maximum absolute atomic E-state index is 12.3. The van der Waals surface area contributed by atoms with Crippen molar-refractivity contribution in [3.63, 3.8) is 0 Å². The van der Waals surface area contributed by atoms with E-state index in [1.807, 2.05) is 84.9 Å². The quantitative estimate of drug-likeness (QED) is 0.502. The van der Waals surface area contributed by atoms with Gasteiger partial charge >= 0.3 is 0 Å². The summed E-state index contributed by atoms with van der Waals surface area (Å²) in [5.74, 6) is 0.576. The van der Waals surface area contributed by atoms with Gasteiger partial charge in [0.1, 0.15) is 0 Å². The number of hydrogen-bond acceptors (Lipinski definition) is 5.